The molecule has 3 nitrogen and oxygen atoms in total. The molecule has 2 fully saturated rings. The number of nitrogens with zero attached hydrogens (tertiary/aromatic N) is 1. The van der Waals surface area contributed by atoms with E-state index in [4.69, 9.17) is 4.74 Å². The van der Waals surface area contributed by atoms with Crippen LogP contribution in [0, 0.1) is 0 Å². The van der Waals surface area contributed by atoms with Gasteiger partial charge in [-0.3, -0.25) is 0 Å². The van der Waals surface area contributed by atoms with Gasteiger partial charge in [0.05, 0.1) is 6.10 Å². The van der Waals surface area contributed by atoms with E-state index in [1.54, 1.807) is 0 Å². The van der Waals surface area contributed by atoms with Crippen LogP contribution >= 0.6 is 0 Å². The van der Waals surface area contributed by atoms with Crippen molar-refractivity contribution in [1.82, 2.24) is 10.2 Å². The molecular formula is C11H22N2O. The fraction of sp³-hybridized carbons (Fsp3) is 1.00. The Morgan fingerprint density at radius 2 is 1.93 bits per heavy atom. The third kappa shape index (κ3) is 2.47. The summed E-state index contributed by atoms with van der Waals surface area (Å²) in [5.74, 6) is 0. The van der Waals surface area contributed by atoms with Crippen molar-refractivity contribution in [1.29, 1.82) is 0 Å². The first-order chi connectivity index (χ1) is 6.75. The quantitative estimate of drug-likeness (QED) is 0.712. The van der Waals surface area contributed by atoms with E-state index in [1.165, 1.54) is 32.4 Å². The Bertz CT molecular complexity index is 178. The molecule has 0 bridgehead atoms. The maximum absolute atomic E-state index is 5.56. The first-order valence-corrected chi connectivity index (χ1v) is 5.82. The van der Waals surface area contributed by atoms with Crippen LogP contribution in [0.4, 0.5) is 0 Å². The van der Waals surface area contributed by atoms with E-state index in [-0.39, 0.29) is 0 Å². The number of piperidine rings is 1. The van der Waals surface area contributed by atoms with Gasteiger partial charge in [0.1, 0.15) is 0 Å². The minimum absolute atomic E-state index is 0.412. The normalized spacial score (nSPS) is 36.4. The Hall–Kier alpha value is -0.120. The second-order valence-corrected chi connectivity index (χ2v) is 4.72. The second-order valence-electron chi connectivity index (χ2n) is 4.72. The van der Waals surface area contributed by atoms with Crippen LogP contribution in [0.3, 0.4) is 0 Å². The lowest BCUT2D eigenvalue weighted by atomic mass is 10.0. The molecule has 3 heteroatoms. The van der Waals surface area contributed by atoms with Gasteiger partial charge in [0.25, 0.3) is 0 Å². The molecule has 0 aliphatic carbocycles. The molecule has 2 saturated heterocycles. The predicted molar refractivity (Wildman–Crippen MR) is 57.5 cm³/mol. The first kappa shape index (κ1) is 10.4. The molecule has 2 atom stereocenters. The van der Waals surface area contributed by atoms with E-state index in [0.717, 1.165) is 12.6 Å². The Morgan fingerprint density at radius 3 is 2.50 bits per heavy atom. The molecule has 2 aliphatic heterocycles. The lowest BCUT2D eigenvalue weighted by molar-refractivity contribution is 0.107. The van der Waals surface area contributed by atoms with Gasteiger partial charge in [-0.2, -0.15) is 0 Å². The van der Waals surface area contributed by atoms with Gasteiger partial charge in [-0.15, -0.1) is 0 Å². The molecule has 0 aromatic carbocycles. The third-order valence-corrected chi connectivity index (χ3v) is 3.54. The molecule has 2 heterocycles. The number of likely N-dealkylation sites (tertiary alicyclic amines) is 1. The Labute approximate surface area is 86.8 Å². The molecular weight excluding hydrogens is 176 g/mol. The maximum Gasteiger partial charge on any atom is 0.0700 e. The van der Waals surface area contributed by atoms with Gasteiger partial charge in [-0.25, -0.2) is 0 Å². The van der Waals surface area contributed by atoms with Crippen molar-refractivity contribution in [3.05, 3.63) is 0 Å². The summed E-state index contributed by atoms with van der Waals surface area (Å²) in [4.78, 5) is 2.41. The largest absolute Gasteiger partial charge is 0.377 e. The van der Waals surface area contributed by atoms with Gasteiger partial charge >= 0.3 is 0 Å². The van der Waals surface area contributed by atoms with Crippen LogP contribution in [0.2, 0.25) is 0 Å². The highest BCUT2D eigenvalue weighted by Crippen LogP contribution is 2.16. The van der Waals surface area contributed by atoms with Crippen molar-refractivity contribution in [2.45, 2.75) is 44.4 Å². The van der Waals surface area contributed by atoms with E-state index in [1.807, 2.05) is 0 Å². The van der Waals surface area contributed by atoms with Gasteiger partial charge in [0.15, 0.2) is 0 Å². The smallest absolute Gasteiger partial charge is 0.0700 e. The third-order valence-electron chi connectivity index (χ3n) is 3.54. The summed E-state index contributed by atoms with van der Waals surface area (Å²) in [5.41, 5.74) is 0. The van der Waals surface area contributed by atoms with Crippen molar-refractivity contribution < 1.29 is 4.74 Å². The van der Waals surface area contributed by atoms with Crippen LogP contribution in [0.5, 0.6) is 0 Å². The van der Waals surface area contributed by atoms with Crippen LogP contribution in [0.1, 0.15) is 26.2 Å². The summed E-state index contributed by atoms with van der Waals surface area (Å²) in [7, 11) is 2.21. The molecule has 0 amide bonds. The Balaban J connectivity index is 1.74. The molecule has 1 N–H and O–H groups in total. The number of nitrogens with one attached hydrogen (secondary N) is 1. The molecule has 2 rings (SSSR count). The van der Waals surface area contributed by atoms with Gasteiger partial charge in [0.2, 0.25) is 0 Å². The number of rotatable bonds is 2. The van der Waals surface area contributed by atoms with Gasteiger partial charge in [-0.05, 0) is 46.3 Å². The van der Waals surface area contributed by atoms with Crippen LogP contribution in [-0.2, 0) is 4.74 Å². The molecule has 0 aromatic heterocycles. The summed E-state index contributed by atoms with van der Waals surface area (Å²) in [6.07, 6.45) is 4.18. The maximum atomic E-state index is 5.56. The van der Waals surface area contributed by atoms with Gasteiger partial charge in [-0.1, -0.05) is 0 Å². The van der Waals surface area contributed by atoms with Crippen molar-refractivity contribution in [2.24, 2.45) is 0 Å². The number of hydrogen-bond donors (Lipinski definition) is 1. The molecule has 0 radical (unpaired) electrons. The minimum Gasteiger partial charge on any atom is -0.377 e. The molecule has 0 saturated carbocycles. The average molecular weight is 198 g/mol. The zero-order chi connectivity index (χ0) is 9.97. The molecule has 14 heavy (non-hydrogen) atoms. The number of ether oxygens (including phenoxy) is 1. The first-order valence-electron chi connectivity index (χ1n) is 5.82. The van der Waals surface area contributed by atoms with E-state index in [0.29, 0.717) is 12.1 Å². The van der Waals surface area contributed by atoms with E-state index in [2.05, 4.69) is 24.2 Å². The highest BCUT2D eigenvalue weighted by molar-refractivity contribution is 4.85. The molecule has 0 spiro atoms. The van der Waals surface area contributed by atoms with Crippen LogP contribution in [0.15, 0.2) is 0 Å². The fourth-order valence-corrected chi connectivity index (χ4v) is 2.43. The highest BCUT2D eigenvalue weighted by Gasteiger charge is 2.27. The van der Waals surface area contributed by atoms with Crippen molar-refractivity contribution in [3.63, 3.8) is 0 Å². The molecule has 2 aliphatic rings. The monoisotopic (exact) mass is 198 g/mol. The van der Waals surface area contributed by atoms with Crippen molar-refractivity contribution in [3.8, 4) is 0 Å². The SMILES string of the molecule is C[C@H]1OCC[C@@H]1NC1CCN(C)CC1. The fourth-order valence-electron chi connectivity index (χ4n) is 2.43. The number of hydrogen-bond acceptors (Lipinski definition) is 3. The summed E-state index contributed by atoms with van der Waals surface area (Å²) < 4.78 is 5.56. The highest BCUT2D eigenvalue weighted by atomic mass is 16.5. The zero-order valence-corrected chi connectivity index (χ0v) is 9.33. The minimum atomic E-state index is 0.412. The molecule has 0 aromatic rings. The molecule has 0 unspecified atom stereocenters. The van der Waals surface area contributed by atoms with Crippen LogP contribution in [-0.4, -0.2) is 49.8 Å². The predicted octanol–water partition coefficient (Wildman–Crippen LogP) is 0.848. The standard InChI is InChI=1S/C11H22N2O/c1-9-11(5-8-14-9)12-10-3-6-13(2)7-4-10/h9-12H,3-8H2,1-2H3/t9-,11+/m1/s1. The average Bonchev–Trinajstić information content (AvgIpc) is 2.56. The topological polar surface area (TPSA) is 24.5 Å². The van der Waals surface area contributed by atoms with Gasteiger partial charge in [0, 0.05) is 18.7 Å². The Morgan fingerprint density at radius 1 is 1.21 bits per heavy atom. The van der Waals surface area contributed by atoms with Crippen molar-refractivity contribution >= 4 is 0 Å². The van der Waals surface area contributed by atoms with E-state index >= 15 is 0 Å². The summed E-state index contributed by atoms with van der Waals surface area (Å²) in [6, 6.07) is 1.32. The summed E-state index contributed by atoms with van der Waals surface area (Å²) in [6.45, 7) is 5.59. The van der Waals surface area contributed by atoms with Gasteiger partial charge < -0.3 is 15.0 Å². The lowest BCUT2D eigenvalue weighted by Gasteiger charge is -2.32. The zero-order valence-electron chi connectivity index (χ0n) is 9.33. The summed E-state index contributed by atoms with van der Waals surface area (Å²) >= 11 is 0. The van der Waals surface area contributed by atoms with E-state index < -0.39 is 0 Å². The Kier molecular flexibility index (Phi) is 3.42. The lowest BCUT2D eigenvalue weighted by Crippen LogP contribution is -2.47. The van der Waals surface area contributed by atoms with Crippen LogP contribution in [0.25, 0.3) is 0 Å². The molecule has 82 valence electrons. The summed E-state index contributed by atoms with van der Waals surface area (Å²) in [5, 5.41) is 3.74. The second kappa shape index (κ2) is 4.60. The van der Waals surface area contributed by atoms with Crippen LogP contribution < -0.4 is 5.32 Å². The van der Waals surface area contributed by atoms with E-state index in [9.17, 15) is 0 Å². The van der Waals surface area contributed by atoms with Crippen molar-refractivity contribution in [2.75, 3.05) is 26.7 Å².